The van der Waals surface area contributed by atoms with E-state index in [1.165, 1.54) is 43.4 Å². The van der Waals surface area contributed by atoms with Gasteiger partial charge in [-0.05, 0) is 67.7 Å². The molecule has 1 heteroatoms. The highest BCUT2D eigenvalue weighted by molar-refractivity contribution is 6.05. The minimum Gasteiger partial charge on any atom is -0.456 e. The Morgan fingerprint density at radius 3 is 1.72 bits per heavy atom. The molecule has 8 aromatic rings. The van der Waals surface area contributed by atoms with E-state index in [2.05, 4.69) is 140 Å². The van der Waals surface area contributed by atoms with Crippen LogP contribution in [0, 0.1) is 0 Å². The molecule has 0 N–H and O–H groups in total. The fourth-order valence-electron chi connectivity index (χ4n) is 5.39. The molecular weight excluding hydrogens is 472 g/mol. The molecular formula is C38H26O. The van der Waals surface area contributed by atoms with Gasteiger partial charge in [-0.3, -0.25) is 0 Å². The average Bonchev–Trinajstić information content (AvgIpc) is 3.44. The maximum Gasteiger partial charge on any atom is 0.136 e. The van der Waals surface area contributed by atoms with Crippen molar-refractivity contribution in [2.75, 3.05) is 0 Å². The Morgan fingerprint density at radius 1 is 0.333 bits per heavy atom. The maximum absolute atomic E-state index is 6.07. The molecule has 0 aliphatic heterocycles. The zero-order chi connectivity index (χ0) is 26.0. The Kier molecular flexibility index (Phi) is 5.88. The van der Waals surface area contributed by atoms with Crippen molar-refractivity contribution in [3.05, 3.63) is 158 Å². The first-order valence-corrected chi connectivity index (χ1v) is 13.3. The second kappa shape index (κ2) is 9.96. The topological polar surface area (TPSA) is 13.1 Å². The number of para-hydroxylation sites is 1. The van der Waals surface area contributed by atoms with Gasteiger partial charge in [-0.2, -0.15) is 0 Å². The summed E-state index contributed by atoms with van der Waals surface area (Å²) in [5.41, 5.74) is 4.66. The molecule has 0 aliphatic carbocycles. The van der Waals surface area contributed by atoms with Crippen LogP contribution in [0.1, 0.15) is 0 Å². The Hall–Kier alpha value is -5.14. The third kappa shape index (κ3) is 4.45. The average molecular weight is 499 g/mol. The molecule has 0 atom stereocenters. The van der Waals surface area contributed by atoms with Gasteiger partial charge in [-0.15, -0.1) is 0 Å². The monoisotopic (exact) mass is 498 g/mol. The Labute approximate surface area is 227 Å². The van der Waals surface area contributed by atoms with Crippen LogP contribution in [0.25, 0.3) is 65.7 Å². The van der Waals surface area contributed by atoms with Gasteiger partial charge in [0.2, 0.25) is 0 Å². The Morgan fingerprint density at radius 2 is 0.923 bits per heavy atom. The van der Waals surface area contributed by atoms with E-state index in [1.807, 2.05) is 18.2 Å². The number of hydrogen-bond donors (Lipinski definition) is 0. The summed E-state index contributed by atoms with van der Waals surface area (Å²) in [7, 11) is 0. The first-order chi connectivity index (χ1) is 19.3. The van der Waals surface area contributed by atoms with Crippen molar-refractivity contribution in [2.45, 2.75) is 0 Å². The molecule has 0 unspecified atom stereocenters. The van der Waals surface area contributed by atoms with Crippen molar-refractivity contribution in [1.29, 1.82) is 0 Å². The number of rotatable bonds is 2. The summed E-state index contributed by atoms with van der Waals surface area (Å²) in [5, 5.41) is 8.73. The summed E-state index contributed by atoms with van der Waals surface area (Å²) in [5.74, 6) is 0.923. The van der Waals surface area contributed by atoms with E-state index >= 15 is 0 Å². The smallest absolute Gasteiger partial charge is 0.136 e. The van der Waals surface area contributed by atoms with Crippen LogP contribution < -0.4 is 0 Å². The van der Waals surface area contributed by atoms with E-state index < -0.39 is 0 Å². The zero-order valence-electron chi connectivity index (χ0n) is 21.4. The van der Waals surface area contributed by atoms with Gasteiger partial charge >= 0.3 is 0 Å². The fraction of sp³-hybridized carbons (Fsp3) is 0. The minimum absolute atomic E-state index is 0.923. The molecule has 0 saturated heterocycles. The predicted molar refractivity (Wildman–Crippen MR) is 166 cm³/mol. The molecule has 8 rings (SSSR count). The van der Waals surface area contributed by atoms with E-state index in [1.54, 1.807) is 0 Å². The van der Waals surface area contributed by atoms with E-state index in [0.29, 0.717) is 0 Å². The molecule has 0 saturated carbocycles. The van der Waals surface area contributed by atoms with Crippen molar-refractivity contribution < 1.29 is 4.42 Å². The lowest BCUT2D eigenvalue weighted by Crippen LogP contribution is -1.80. The van der Waals surface area contributed by atoms with Crippen LogP contribution in [0.2, 0.25) is 0 Å². The third-order valence-electron chi connectivity index (χ3n) is 7.31. The summed E-state index contributed by atoms with van der Waals surface area (Å²) in [4.78, 5) is 0. The van der Waals surface area contributed by atoms with Crippen LogP contribution >= 0.6 is 0 Å². The molecule has 1 aromatic heterocycles. The van der Waals surface area contributed by atoms with Crippen LogP contribution in [0.15, 0.2) is 162 Å². The Balaban J connectivity index is 0.000000139. The van der Waals surface area contributed by atoms with Crippen molar-refractivity contribution in [2.24, 2.45) is 0 Å². The van der Waals surface area contributed by atoms with E-state index in [9.17, 15) is 0 Å². The third-order valence-corrected chi connectivity index (χ3v) is 7.31. The molecule has 0 bridgehead atoms. The van der Waals surface area contributed by atoms with E-state index in [-0.39, 0.29) is 0 Å². The zero-order valence-corrected chi connectivity index (χ0v) is 21.4. The molecule has 1 nitrogen and oxygen atoms in total. The minimum atomic E-state index is 0.923. The fourth-order valence-corrected chi connectivity index (χ4v) is 5.39. The quantitative estimate of drug-likeness (QED) is 0.216. The molecule has 0 aliphatic rings. The lowest BCUT2D eigenvalue weighted by molar-refractivity contribution is 0.632. The van der Waals surface area contributed by atoms with Crippen molar-refractivity contribution in [1.82, 2.24) is 0 Å². The first kappa shape index (κ1) is 23.0. The second-order valence-corrected chi connectivity index (χ2v) is 9.77. The van der Waals surface area contributed by atoms with Gasteiger partial charge in [0, 0.05) is 10.9 Å². The lowest BCUT2D eigenvalue weighted by Gasteiger charge is -2.06. The van der Waals surface area contributed by atoms with E-state index in [4.69, 9.17) is 4.42 Å². The van der Waals surface area contributed by atoms with Crippen molar-refractivity contribution >= 4 is 43.3 Å². The van der Waals surface area contributed by atoms with Gasteiger partial charge in [0.05, 0.1) is 0 Å². The summed E-state index contributed by atoms with van der Waals surface area (Å²) in [6.45, 7) is 0. The largest absolute Gasteiger partial charge is 0.456 e. The predicted octanol–water partition coefficient (Wildman–Crippen LogP) is 10.9. The number of hydrogen-bond acceptors (Lipinski definition) is 1. The molecule has 39 heavy (non-hydrogen) atoms. The Bertz CT molecular complexity index is 2030. The normalized spacial score (nSPS) is 11.1. The molecule has 1 heterocycles. The van der Waals surface area contributed by atoms with Crippen molar-refractivity contribution in [3.8, 4) is 22.5 Å². The molecule has 0 radical (unpaired) electrons. The molecule has 0 spiro atoms. The van der Waals surface area contributed by atoms with Crippen LogP contribution in [-0.2, 0) is 0 Å². The van der Waals surface area contributed by atoms with Crippen LogP contribution in [0.5, 0.6) is 0 Å². The van der Waals surface area contributed by atoms with Gasteiger partial charge in [0.25, 0.3) is 0 Å². The van der Waals surface area contributed by atoms with Gasteiger partial charge in [0.1, 0.15) is 11.3 Å². The number of furan rings is 1. The lowest BCUT2D eigenvalue weighted by atomic mass is 9.98. The highest BCUT2D eigenvalue weighted by Crippen LogP contribution is 2.35. The van der Waals surface area contributed by atoms with Gasteiger partial charge < -0.3 is 4.42 Å². The summed E-state index contributed by atoms with van der Waals surface area (Å²) in [6, 6.07) is 55.1. The highest BCUT2D eigenvalue weighted by atomic mass is 16.3. The maximum atomic E-state index is 6.07. The van der Waals surface area contributed by atoms with Gasteiger partial charge in [0.15, 0.2) is 0 Å². The van der Waals surface area contributed by atoms with E-state index in [0.717, 1.165) is 22.3 Å². The SMILES string of the molecule is c1ccc(-c2cccc3ccccc23)cc1.c1ccc2cc3c(-c4cc5ccccc5o4)cccc3cc2c1. The van der Waals surface area contributed by atoms with Crippen LogP contribution in [-0.4, -0.2) is 0 Å². The first-order valence-electron chi connectivity index (χ1n) is 13.3. The molecule has 0 fully saturated rings. The summed E-state index contributed by atoms with van der Waals surface area (Å²) >= 11 is 0. The number of benzene rings is 7. The second-order valence-electron chi connectivity index (χ2n) is 9.77. The molecule has 7 aromatic carbocycles. The van der Waals surface area contributed by atoms with Crippen LogP contribution in [0.3, 0.4) is 0 Å². The van der Waals surface area contributed by atoms with Crippen LogP contribution in [0.4, 0.5) is 0 Å². The summed E-state index contributed by atoms with van der Waals surface area (Å²) in [6.07, 6.45) is 0. The number of fused-ring (bicyclic) bond motifs is 4. The highest BCUT2D eigenvalue weighted by Gasteiger charge is 2.10. The summed E-state index contributed by atoms with van der Waals surface area (Å²) < 4.78 is 6.07. The standard InChI is InChI=1S/C22H14O.C16H12/c1-2-7-16-13-20-17(12-15(16)6-1)9-5-10-19(20)22-14-18-8-3-4-11-21(18)23-22;1-2-7-13(8-3-1)16-12-6-10-14-9-4-5-11-15(14)16/h1-14H;1-12H. The van der Waals surface area contributed by atoms with Gasteiger partial charge in [-0.1, -0.05) is 133 Å². The van der Waals surface area contributed by atoms with Crippen molar-refractivity contribution in [3.63, 3.8) is 0 Å². The molecule has 0 amide bonds. The van der Waals surface area contributed by atoms with Gasteiger partial charge in [-0.25, -0.2) is 0 Å². The molecule has 184 valence electrons.